The van der Waals surface area contributed by atoms with Crippen LogP contribution < -0.4 is 0 Å². The second-order valence-electron chi connectivity index (χ2n) is 6.60. The standard InChI is InChI=1S/C15H33O10P/c1-7(16)13(8(2)17)23-26(22,24-14(9(3)18)10(4)19)25-15(11(5)20)12(6)21/h7-21H,1-6H3. The Morgan fingerprint density at radius 1 is 0.500 bits per heavy atom. The summed E-state index contributed by atoms with van der Waals surface area (Å²) < 4.78 is 28.7. The van der Waals surface area contributed by atoms with Gasteiger partial charge in [0.2, 0.25) is 0 Å². The quantitative estimate of drug-likeness (QED) is 0.234. The molecule has 0 aromatic rings. The first-order chi connectivity index (χ1) is 11.7. The van der Waals surface area contributed by atoms with E-state index < -0.39 is 62.8 Å². The molecule has 6 unspecified atom stereocenters. The molecule has 0 aliphatic rings. The Labute approximate surface area is 154 Å². The Morgan fingerprint density at radius 3 is 0.769 bits per heavy atom. The molecule has 26 heavy (non-hydrogen) atoms. The molecule has 11 heteroatoms. The summed E-state index contributed by atoms with van der Waals surface area (Å²) in [4.78, 5) is 0. The fraction of sp³-hybridized carbons (Fsp3) is 1.00. The Bertz CT molecular complexity index is 352. The molecule has 6 N–H and O–H groups in total. The molecule has 0 rings (SSSR count). The van der Waals surface area contributed by atoms with Crippen LogP contribution in [0.5, 0.6) is 0 Å². The van der Waals surface area contributed by atoms with Crippen molar-refractivity contribution in [3.8, 4) is 0 Å². The van der Waals surface area contributed by atoms with Gasteiger partial charge in [-0.15, -0.1) is 0 Å². The second kappa shape index (κ2) is 11.0. The first-order valence-corrected chi connectivity index (χ1v) is 9.91. The van der Waals surface area contributed by atoms with Gasteiger partial charge >= 0.3 is 7.82 Å². The molecule has 6 atom stereocenters. The van der Waals surface area contributed by atoms with Crippen molar-refractivity contribution in [1.82, 2.24) is 0 Å². The Hall–Kier alpha value is -0.130. The van der Waals surface area contributed by atoms with Gasteiger partial charge in [0.1, 0.15) is 18.3 Å². The molecule has 0 amide bonds. The third-order valence-electron chi connectivity index (χ3n) is 3.61. The van der Waals surface area contributed by atoms with E-state index >= 15 is 0 Å². The maximum absolute atomic E-state index is 13.1. The number of aliphatic hydroxyl groups is 6. The van der Waals surface area contributed by atoms with Crippen molar-refractivity contribution in [3.05, 3.63) is 0 Å². The fourth-order valence-electron chi connectivity index (χ4n) is 2.26. The summed E-state index contributed by atoms with van der Waals surface area (Å²) >= 11 is 0. The van der Waals surface area contributed by atoms with Gasteiger partial charge in [0.15, 0.2) is 0 Å². The molecule has 158 valence electrons. The van der Waals surface area contributed by atoms with E-state index in [2.05, 4.69) is 0 Å². The van der Waals surface area contributed by atoms with Gasteiger partial charge in [0.05, 0.1) is 36.6 Å². The van der Waals surface area contributed by atoms with E-state index in [1.165, 1.54) is 41.5 Å². The van der Waals surface area contributed by atoms with Crippen LogP contribution in [0.25, 0.3) is 0 Å². The highest BCUT2D eigenvalue weighted by Gasteiger charge is 2.43. The smallest absolute Gasteiger partial charge is 0.391 e. The monoisotopic (exact) mass is 404 g/mol. The van der Waals surface area contributed by atoms with Crippen LogP contribution in [0, 0.1) is 0 Å². The van der Waals surface area contributed by atoms with Gasteiger partial charge in [-0.3, -0.25) is 13.6 Å². The zero-order valence-electron chi connectivity index (χ0n) is 16.0. The minimum absolute atomic E-state index is 1.27. The molecule has 0 aromatic heterocycles. The SMILES string of the molecule is CC(O)C(OP(=O)(OC(C(C)O)C(C)O)OC(C(C)O)C(C)O)C(C)O. The Balaban J connectivity index is 5.79. The first-order valence-electron chi connectivity index (χ1n) is 8.45. The van der Waals surface area contributed by atoms with Crippen LogP contribution >= 0.6 is 7.82 Å². The van der Waals surface area contributed by atoms with E-state index in [-0.39, 0.29) is 0 Å². The average molecular weight is 404 g/mol. The van der Waals surface area contributed by atoms with Gasteiger partial charge in [-0.2, -0.15) is 0 Å². The van der Waals surface area contributed by atoms with Crippen molar-refractivity contribution in [2.24, 2.45) is 0 Å². The van der Waals surface area contributed by atoms with E-state index in [0.29, 0.717) is 0 Å². The highest BCUT2D eigenvalue weighted by atomic mass is 31.2. The maximum Gasteiger partial charge on any atom is 0.476 e. The summed E-state index contributed by atoms with van der Waals surface area (Å²) in [6.45, 7) is 7.69. The van der Waals surface area contributed by atoms with Crippen molar-refractivity contribution in [2.45, 2.75) is 96.5 Å². The molecular formula is C15H33O10P. The lowest BCUT2D eigenvalue weighted by molar-refractivity contribution is -0.105. The molecular weight excluding hydrogens is 371 g/mol. The van der Waals surface area contributed by atoms with Crippen LogP contribution in [-0.2, 0) is 18.1 Å². The van der Waals surface area contributed by atoms with Gasteiger partial charge in [-0.05, 0) is 41.5 Å². The van der Waals surface area contributed by atoms with Gasteiger partial charge in [-0.25, -0.2) is 4.57 Å². The summed E-state index contributed by atoms with van der Waals surface area (Å²) in [5, 5.41) is 58.4. The minimum Gasteiger partial charge on any atom is -0.391 e. The molecule has 10 nitrogen and oxygen atoms in total. The van der Waals surface area contributed by atoms with Crippen LogP contribution in [0.1, 0.15) is 41.5 Å². The summed E-state index contributed by atoms with van der Waals surface area (Å²) in [7, 11) is -4.67. The van der Waals surface area contributed by atoms with Crippen molar-refractivity contribution in [3.63, 3.8) is 0 Å². The fourth-order valence-corrected chi connectivity index (χ4v) is 4.36. The third-order valence-corrected chi connectivity index (χ3v) is 5.11. The molecule has 0 bridgehead atoms. The lowest BCUT2D eigenvalue weighted by Crippen LogP contribution is -2.42. The van der Waals surface area contributed by atoms with E-state index in [1.54, 1.807) is 0 Å². The zero-order valence-corrected chi connectivity index (χ0v) is 16.9. The predicted octanol–water partition coefficient (Wildman–Crippen LogP) is -0.465. The van der Waals surface area contributed by atoms with Crippen LogP contribution in [0.15, 0.2) is 0 Å². The van der Waals surface area contributed by atoms with E-state index in [0.717, 1.165) is 0 Å². The van der Waals surface area contributed by atoms with Gasteiger partial charge in [-0.1, -0.05) is 0 Å². The van der Waals surface area contributed by atoms with Crippen LogP contribution in [0.4, 0.5) is 0 Å². The molecule has 0 aromatic carbocycles. The van der Waals surface area contributed by atoms with E-state index in [9.17, 15) is 35.2 Å². The average Bonchev–Trinajstić information content (AvgIpc) is 2.46. The molecule has 0 radical (unpaired) electrons. The molecule has 0 aliphatic heterocycles. The first kappa shape index (κ1) is 25.9. The summed E-state index contributed by atoms with van der Waals surface area (Å²) in [5.74, 6) is 0. The largest absolute Gasteiger partial charge is 0.476 e. The van der Waals surface area contributed by atoms with Gasteiger partial charge in [0, 0.05) is 0 Å². The highest BCUT2D eigenvalue weighted by Crippen LogP contribution is 2.54. The number of rotatable bonds is 12. The zero-order chi connectivity index (χ0) is 20.8. The van der Waals surface area contributed by atoms with Gasteiger partial charge in [0.25, 0.3) is 0 Å². The topological polar surface area (TPSA) is 166 Å². The predicted molar refractivity (Wildman–Crippen MR) is 92.3 cm³/mol. The van der Waals surface area contributed by atoms with Gasteiger partial charge < -0.3 is 30.6 Å². The number of hydrogen-bond donors (Lipinski definition) is 6. The molecule has 0 fully saturated rings. The van der Waals surface area contributed by atoms with Crippen LogP contribution in [0.2, 0.25) is 0 Å². The van der Waals surface area contributed by atoms with Crippen LogP contribution in [-0.4, -0.2) is 85.6 Å². The molecule has 0 saturated heterocycles. The van der Waals surface area contributed by atoms with Crippen molar-refractivity contribution >= 4 is 7.82 Å². The summed E-state index contributed by atoms with van der Waals surface area (Å²) in [6.07, 6.45) is -11.8. The lowest BCUT2D eigenvalue weighted by atomic mass is 10.1. The third kappa shape index (κ3) is 8.26. The molecule has 0 saturated carbocycles. The molecule has 0 aliphatic carbocycles. The van der Waals surface area contributed by atoms with Crippen molar-refractivity contribution in [2.75, 3.05) is 0 Å². The molecule has 0 spiro atoms. The number of hydrogen-bond acceptors (Lipinski definition) is 10. The number of aliphatic hydroxyl groups excluding tert-OH is 6. The van der Waals surface area contributed by atoms with Crippen molar-refractivity contribution in [1.29, 1.82) is 0 Å². The minimum atomic E-state index is -4.67. The van der Waals surface area contributed by atoms with E-state index in [4.69, 9.17) is 13.6 Å². The number of phosphoric acid groups is 1. The van der Waals surface area contributed by atoms with Crippen LogP contribution in [0.3, 0.4) is 0 Å². The Kier molecular flexibility index (Phi) is 11.0. The second-order valence-corrected chi connectivity index (χ2v) is 8.13. The highest BCUT2D eigenvalue weighted by molar-refractivity contribution is 7.48. The lowest BCUT2D eigenvalue weighted by Gasteiger charge is -2.34. The normalized spacial score (nSPS) is 25.2. The molecule has 0 heterocycles. The maximum atomic E-state index is 13.1. The van der Waals surface area contributed by atoms with Crippen molar-refractivity contribution < 1.29 is 48.8 Å². The van der Waals surface area contributed by atoms with E-state index in [1.807, 2.05) is 0 Å². The Morgan fingerprint density at radius 2 is 0.654 bits per heavy atom. The summed E-state index contributed by atoms with van der Waals surface area (Å²) in [5.41, 5.74) is 0. The summed E-state index contributed by atoms with van der Waals surface area (Å²) in [6, 6.07) is 0. The number of phosphoric ester groups is 1.